The zero-order valence-corrected chi connectivity index (χ0v) is 23.2. The second-order valence-corrected chi connectivity index (χ2v) is 13.4. The largest absolute Gasteiger partial charge is 0.496 e. The Labute approximate surface area is 224 Å². The third kappa shape index (κ3) is 5.47. The van der Waals surface area contributed by atoms with Gasteiger partial charge in [0.15, 0.2) is 0 Å². The number of ether oxygens (including phenoxy) is 2. The fourth-order valence-electron chi connectivity index (χ4n) is 4.91. The predicted molar refractivity (Wildman–Crippen MR) is 160 cm³/mol. The lowest BCUT2D eigenvalue weighted by atomic mass is 10.0. The van der Waals surface area contributed by atoms with E-state index in [1.54, 1.807) is 14.2 Å². The molecule has 5 radical (unpaired) electrons. The molecule has 2 nitrogen and oxygen atoms in total. The number of rotatable bonds is 9. The summed E-state index contributed by atoms with van der Waals surface area (Å²) in [5.41, 5.74) is 1.65. The molecule has 1 unspecified atom stereocenters. The van der Waals surface area contributed by atoms with Gasteiger partial charge in [0, 0.05) is 16.3 Å². The van der Waals surface area contributed by atoms with Crippen molar-refractivity contribution in [2.24, 2.45) is 0 Å². The Morgan fingerprint density at radius 1 is 0.568 bits per heavy atom. The molecule has 37 heavy (non-hydrogen) atoms. The van der Waals surface area contributed by atoms with Crippen LogP contribution in [0, 0.1) is 30.8 Å². The summed E-state index contributed by atoms with van der Waals surface area (Å²) in [6.45, 7) is 2.37. The van der Waals surface area contributed by atoms with Crippen LogP contribution in [0.2, 0.25) is 0 Å². The van der Waals surface area contributed by atoms with Crippen LogP contribution in [-0.2, 0) is 0 Å². The highest BCUT2D eigenvalue weighted by atomic mass is 31.1. The Morgan fingerprint density at radius 3 is 1.51 bits per heavy atom. The molecule has 4 aromatic carbocycles. The lowest BCUT2D eigenvalue weighted by Gasteiger charge is -2.37. The standard InChI is InChI=1S/C33H31O2P2/c1-25(36(32-22-12-10-20-29(32)34-2)33-23-13-11-21-30(33)35-3)28-19-14-24-31(28)37(26-15-6-4-7-16-26)27-17-8-5-9-18-27/h4-25H,1-3H3. The first kappa shape index (κ1) is 26.0. The maximum absolute atomic E-state index is 5.88. The van der Waals surface area contributed by atoms with Crippen LogP contribution in [0.25, 0.3) is 0 Å². The van der Waals surface area contributed by atoms with E-state index in [9.17, 15) is 0 Å². The molecule has 1 aliphatic carbocycles. The Kier molecular flexibility index (Phi) is 8.60. The van der Waals surface area contributed by atoms with Gasteiger partial charge in [-0.25, -0.2) is 0 Å². The number of benzene rings is 4. The van der Waals surface area contributed by atoms with Crippen LogP contribution >= 0.6 is 15.8 Å². The van der Waals surface area contributed by atoms with Crippen molar-refractivity contribution in [3.63, 3.8) is 0 Å². The maximum atomic E-state index is 5.88. The molecular formula is C33H31O2P2. The van der Waals surface area contributed by atoms with Gasteiger partial charge in [-0.2, -0.15) is 0 Å². The smallest absolute Gasteiger partial charge is 0.126 e. The average molecular weight is 522 g/mol. The molecule has 185 valence electrons. The predicted octanol–water partition coefficient (Wildman–Crippen LogP) is 6.39. The topological polar surface area (TPSA) is 18.5 Å². The van der Waals surface area contributed by atoms with E-state index in [0.717, 1.165) is 11.5 Å². The quantitative estimate of drug-likeness (QED) is 0.238. The van der Waals surface area contributed by atoms with E-state index in [1.807, 2.05) is 12.1 Å². The summed E-state index contributed by atoms with van der Waals surface area (Å²) in [5.74, 6) is 3.24. The molecule has 0 amide bonds. The average Bonchev–Trinajstić information content (AvgIpc) is 3.44. The summed E-state index contributed by atoms with van der Waals surface area (Å²) in [6, 6.07) is 38.7. The molecule has 1 saturated carbocycles. The molecule has 0 bridgehead atoms. The van der Waals surface area contributed by atoms with E-state index in [0.29, 0.717) is 0 Å². The molecule has 5 rings (SSSR count). The van der Waals surface area contributed by atoms with Gasteiger partial charge < -0.3 is 9.47 Å². The maximum Gasteiger partial charge on any atom is 0.126 e. The molecule has 0 N–H and O–H groups in total. The fraction of sp³-hybridized carbons (Fsp3) is 0.121. The van der Waals surface area contributed by atoms with Crippen molar-refractivity contribution in [2.75, 3.05) is 14.2 Å². The normalized spacial score (nSPS) is 15.3. The molecule has 4 aromatic rings. The van der Waals surface area contributed by atoms with Crippen molar-refractivity contribution in [2.45, 2.75) is 12.6 Å². The summed E-state index contributed by atoms with van der Waals surface area (Å²) in [5, 5.41) is 5.19. The lowest BCUT2D eigenvalue weighted by molar-refractivity contribution is 0.417. The third-order valence-corrected chi connectivity index (χ3v) is 12.0. The van der Waals surface area contributed by atoms with E-state index in [4.69, 9.17) is 9.47 Å². The highest BCUT2D eigenvalue weighted by Gasteiger charge is 2.43. The summed E-state index contributed by atoms with van der Waals surface area (Å²) >= 11 is 0. The van der Waals surface area contributed by atoms with Gasteiger partial charge in [0.2, 0.25) is 0 Å². The second-order valence-electron chi connectivity index (χ2n) is 8.76. The minimum absolute atomic E-state index is 0.241. The van der Waals surface area contributed by atoms with Gasteiger partial charge in [-0.3, -0.25) is 0 Å². The van der Waals surface area contributed by atoms with Gasteiger partial charge in [-0.15, -0.1) is 0 Å². The van der Waals surface area contributed by atoms with E-state index >= 15 is 0 Å². The first-order valence-corrected chi connectivity index (χ1v) is 15.2. The zero-order chi connectivity index (χ0) is 25.6. The van der Waals surface area contributed by atoms with Crippen LogP contribution in [0.5, 0.6) is 11.5 Å². The van der Waals surface area contributed by atoms with Crippen molar-refractivity contribution in [3.8, 4) is 11.5 Å². The van der Waals surface area contributed by atoms with Gasteiger partial charge >= 0.3 is 0 Å². The van der Waals surface area contributed by atoms with Crippen molar-refractivity contribution >= 4 is 37.1 Å². The molecule has 0 aliphatic heterocycles. The van der Waals surface area contributed by atoms with Crippen LogP contribution < -0.4 is 30.7 Å². The summed E-state index contributed by atoms with van der Waals surface area (Å²) in [7, 11) is 1.99. The second kappa shape index (κ2) is 12.3. The van der Waals surface area contributed by atoms with E-state index in [1.165, 1.54) is 32.8 Å². The van der Waals surface area contributed by atoms with Gasteiger partial charge in [0.1, 0.15) is 11.5 Å². The van der Waals surface area contributed by atoms with E-state index in [2.05, 4.69) is 123 Å². The fourth-order valence-corrected chi connectivity index (χ4v) is 10.5. The van der Waals surface area contributed by atoms with Gasteiger partial charge in [-0.1, -0.05) is 104 Å². The Bertz CT molecular complexity index is 1190. The van der Waals surface area contributed by atoms with Gasteiger partial charge in [0.05, 0.1) is 14.2 Å². The first-order valence-electron chi connectivity index (χ1n) is 12.4. The Morgan fingerprint density at radius 2 is 1.03 bits per heavy atom. The van der Waals surface area contributed by atoms with Crippen molar-refractivity contribution in [1.29, 1.82) is 0 Å². The number of hydrogen-bond donors (Lipinski definition) is 0. The molecule has 1 fully saturated rings. The monoisotopic (exact) mass is 521 g/mol. The molecule has 4 heteroatoms. The lowest BCUT2D eigenvalue weighted by Crippen LogP contribution is -2.29. The van der Waals surface area contributed by atoms with Crippen LogP contribution in [0.1, 0.15) is 6.92 Å². The van der Waals surface area contributed by atoms with E-state index in [-0.39, 0.29) is 5.66 Å². The van der Waals surface area contributed by atoms with Crippen LogP contribution in [-0.4, -0.2) is 19.9 Å². The van der Waals surface area contributed by atoms with Crippen LogP contribution in [0.15, 0.2) is 109 Å². The first-order chi connectivity index (χ1) is 18.2. The Balaban J connectivity index is 1.60. The number of methoxy groups -OCH3 is 2. The van der Waals surface area contributed by atoms with Crippen molar-refractivity contribution < 1.29 is 9.47 Å². The van der Waals surface area contributed by atoms with Crippen LogP contribution in [0.4, 0.5) is 0 Å². The summed E-state index contributed by atoms with van der Waals surface area (Å²) in [4.78, 5) is 0. The molecule has 1 aliphatic rings. The Hall–Kier alpha value is -2.66. The molecular weight excluding hydrogens is 490 g/mol. The molecule has 0 heterocycles. The molecule has 1 atom stereocenters. The SMILES string of the molecule is COc1ccccc1P(c1ccccc1OC)C(C)[C]1[CH][CH][CH][C]1P(c1ccccc1)c1ccccc1. The summed E-state index contributed by atoms with van der Waals surface area (Å²) < 4.78 is 11.8. The highest BCUT2D eigenvalue weighted by molar-refractivity contribution is 7.77. The van der Waals surface area contributed by atoms with Gasteiger partial charge in [-0.05, 0) is 69.4 Å². The zero-order valence-electron chi connectivity index (χ0n) is 21.4. The van der Waals surface area contributed by atoms with Crippen molar-refractivity contribution in [3.05, 3.63) is 140 Å². The molecule has 0 saturated heterocycles. The highest BCUT2D eigenvalue weighted by Crippen LogP contribution is 2.61. The minimum Gasteiger partial charge on any atom is -0.496 e. The number of hydrogen-bond acceptors (Lipinski definition) is 2. The van der Waals surface area contributed by atoms with Gasteiger partial charge in [0.25, 0.3) is 0 Å². The van der Waals surface area contributed by atoms with Crippen LogP contribution in [0.3, 0.4) is 0 Å². The van der Waals surface area contributed by atoms with E-state index < -0.39 is 15.8 Å². The third-order valence-electron chi connectivity index (χ3n) is 6.62. The number of para-hydroxylation sites is 2. The summed E-state index contributed by atoms with van der Waals surface area (Å²) in [6.07, 6.45) is 6.87. The minimum atomic E-state index is -0.834. The molecule has 0 aromatic heterocycles. The molecule has 0 spiro atoms. The van der Waals surface area contributed by atoms with Crippen molar-refractivity contribution in [1.82, 2.24) is 0 Å².